The maximum atomic E-state index is 11.1. The van der Waals surface area contributed by atoms with Crippen LogP contribution in [0.15, 0.2) is 18.2 Å². The zero-order valence-corrected chi connectivity index (χ0v) is 11.2. The van der Waals surface area contributed by atoms with E-state index in [1.807, 2.05) is 0 Å². The molecule has 2 rings (SSSR count). The molecule has 1 fully saturated rings. The van der Waals surface area contributed by atoms with Gasteiger partial charge in [0.1, 0.15) is 17.6 Å². The van der Waals surface area contributed by atoms with E-state index in [-0.39, 0.29) is 6.10 Å². The first-order valence-corrected chi connectivity index (χ1v) is 6.72. The number of methoxy groups -OCH3 is 1. The van der Waals surface area contributed by atoms with E-state index in [0.29, 0.717) is 17.1 Å². The van der Waals surface area contributed by atoms with Crippen molar-refractivity contribution in [1.82, 2.24) is 0 Å². The van der Waals surface area contributed by atoms with Gasteiger partial charge in [-0.15, -0.1) is 0 Å². The van der Waals surface area contributed by atoms with Gasteiger partial charge in [-0.2, -0.15) is 0 Å². The van der Waals surface area contributed by atoms with Crippen LogP contribution in [0.2, 0.25) is 0 Å². The first-order chi connectivity index (χ1) is 9.24. The third-order valence-electron chi connectivity index (χ3n) is 3.54. The Morgan fingerprint density at radius 1 is 1.26 bits per heavy atom. The molecule has 4 heteroatoms. The third-order valence-corrected chi connectivity index (χ3v) is 3.54. The van der Waals surface area contributed by atoms with E-state index in [1.165, 1.54) is 0 Å². The highest BCUT2D eigenvalue weighted by atomic mass is 16.5. The molecule has 1 N–H and O–H groups in total. The fourth-order valence-electron chi connectivity index (χ4n) is 2.41. The summed E-state index contributed by atoms with van der Waals surface area (Å²) in [6, 6.07) is 5.12. The van der Waals surface area contributed by atoms with Crippen LogP contribution in [-0.2, 0) is 0 Å². The standard InChI is InChI=1S/C15H20O4/c1-18-12-7-8-14(11(9-12)10-16)19-15-6-4-2-3-5-13(15)17/h7-10,13,15,17H,2-6H2,1H3. The minimum atomic E-state index is -0.455. The lowest BCUT2D eigenvalue weighted by Gasteiger charge is -2.23. The van der Waals surface area contributed by atoms with Gasteiger partial charge in [0.25, 0.3) is 0 Å². The minimum Gasteiger partial charge on any atom is -0.497 e. The van der Waals surface area contributed by atoms with Gasteiger partial charge in [-0.25, -0.2) is 0 Å². The van der Waals surface area contributed by atoms with Crippen LogP contribution in [0.4, 0.5) is 0 Å². The Morgan fingerprint density at radius 2 is 2.05 bits per heavy atom. The predicted molar refractivity (Wildman–Crippen MR) is 71.9 cm³/mol. The molecule has 0 bridgehead atoms. The second kappa shape index (κ2) is 6.57. The van der Waals surface area contributed by atoms with Gasteiger partial charge in [-0.1, -0.05) is 12.8 Å². The summed E-state index contributed by atoms with van der Waals surface area (Å²) in [5, 5.41) is 10.0. The van der Waals surface area contributed by atoms with E-state index in [1.54, 1.807) is 25.3 Å². The van der Waals surface area contributed by atoms with Crippen molar-refractivity contribution in [3.63, 3.8) is 0 Å². The zero-order chi connectivity index (χ0) is 13.7. The molecule has 104 valence electrons. The first kappa shape index (κ1) is 13.9. The van der Waals surface area contributed by atoms with Gasteiger partial charge in [-0.3, -0.25) is 4.79 Å². The van der Waals surface area contributed by atoms with Crippen LogP contribution in [0.5, 0.6) is 11.5 Å². The molecule has 0 spiro atoms. The topological polar surface area (TPSA) is 55.8 Å². The summed E-state index contributed by atoms with van der Waals surface area (Å²) < 4.78 is 10.9. The molecule has 0 aromatic heterocycles. The summed E-state index contributed by atoms with van der Waals surface area (Å²) >= 11 is 0. The maximum absolute atomic E-state index is 11.1. The van der Waals surface area contributed by atoms with Crippen molar-refractivity contribution in [2.45, 2.75) is 44.3 Å². The highest BCUT2D eigenvalue weighted by Gasteiger charge is 2.24. The van der Waals surface area contributed by atoms with Crippen LogP contribution in [-0.4, -0.2) is 30.7 Å². The van der Waals surface area contributed by atoms with Crippen molar-refractivity contribution >= 4 is 6.29 Å². The van der Waals surface area contributed by atoms with Crippen LogP contribution < -0.4 is 9.47 Å². The van der Waals surface area contributed by atoms with Crippen molar-refractivity contribution in [2.75, 3.05) is 7.11 Å². The lowest BCUT2D eigenvalue weighted by atomic mass is 10.1. The second-order valence-electron chi connectivity index (χ2n) is 4.88. The van der Waals surface area contributed by atoms with Gasteiger partial charge in [0.05, 0.1) is 18.8 Å². The van der Waals surface area contributed by atoms with Gasteiger partial charge in [0.15, 0.2) is 6.29 Å². The molecule has 1 saturated carbocycles. The number of hydrogen-bond donors (Lipinski definition) is 1. The Hall–Kier alpha value is -1.55. The van der Waals surface area contributed by atoms with Crippen LogP contribution in [0.3, 0.4) is 0 Å². The van der Waals surface area contributed by atoms with Crippen molar-refractivity contribution in [3.8, 4) is 11.5 Å². The number of aldehydes is 1. The number of carbonyl (C=O) groups excluding carboxylic acids is 1. The first-order valence-electron chi connectivity index (χ1n) is 6.72. The van der Waals surface area contributed by atoms with E-state index in [0.717, 1.165) is 38.4 Å². The number of hydrogen-bond acceptors (Lipinski definition) is 4. The summed E-state index contributed by atoms with van der Waals surface area (Å²) in [5.41, 5.74) is 0.454. The molecular formula is C15H20O4. The third kappa shape index (κ3) is 3.47. The van der Waals surface area contributed by atoms with Crippen molar-refractivity contribution in [1.29, 1.82) is 0 Å². The van der Waals surface area contributed by atoms with E-state index >= 15 is 0 Å². The van der Waals surface area contributed by atoms with E-state index in [9.17, 15) is 9.90 Å². The van der Waals surface area contributed by atoms with Crippen LogP contribution >= 0.6 is 0 Å². The van der Waals surface area contributed by atoms with Gasteiger partial charge in [0, 0.05) is 0 Å². The maximum Gasteiger partial charge on any atom is 0.153 e. The predicted octanol–water partition coefficient (Wildman–Crippen LogP) is 2.58. The van der Waals surface area contributed by atoms with E-state index in [2.05, 4.69) is 0 Å². The molecule has 0 amide bonds. The van der Waals surface area contributed by atoms with Crippen LogP contribution in [0.25, 0.3) is 0 Å². The Bertz CT molecular complexity index is 430. The molecule has 1 aromatic carbocycles. The molecule has 1 aromatic rings. The van der Waals surface area contributed by atoms with Crippen molar-refractivity contribution in [2.24, 2.45) is 0 Å². The summed E-state index contributed by atoms with van der Waals surface area (Å²) in [7, 11) is 1.56. The normalized spacial score (nSPS) is 23.5. The fraction of sp³-hybridized carbons (Fsp3) is 0.533. The molecule has 2 unspecified atom stereocenters. The quantitative estimate of drug-likeness (QED) is 0.671. The number of rotatable bonds is 4. The monoisotopic (exact) mass is 264 g/mol. The van der Waals surface area contributed by atoms with Crippen molar-refractivity contribution < 1.29 is 19.4 Å². The summed E-state index contributed by atoms with van der Waals surface area (Å²) in [6.45, 7) is 0. The molecule has 19 heavy (non-hydrogen) atoms. The molecule has 0 aliphatic heterocycles. The highest BCUT2D eigenvalue weighted by Crippen LogP contribution is 2.27. The van der Waals surface area contributed by atoms with Crippen LogP contribution in [0.1, 0.15) is 42.5 Å². The Labute approximate surface area is 113 Å². The average Bonchev–Trinajstić information content (AvgIpc) is 2.64. The molecule has 0 heterocycles. The number of ether oxygens (including phenoxy) is 2. The molecule has 1 aliphatic carbocycles. The Kier molecular flexibility index (Phi) is 4.80. The summed E-state index contributed by atoms with van der Waals surface area (Å²) in [5.74, 6) is 1.14. The van der Waals surface area contributed by atoms with Gasteiger partial charge < -0.3 is 14.6 Å². The van der Waals surface area contributed by atoms with E-state index < -0.39 is 6.10 Å². The number of benzene rings is 1. The van der Waals surface area contributed by atoms with Gasteiger partial charge >= 0.3 is 0 Å². The number of aliphatic hydroxyl groups excluding tert-OH is 1. The molecule has 4 nitrogen and oxygen atoms in total. The van der Waals surface area contributed by atoms with Crippen LogP contribution in [0, 0.1) is 0 Å². The van der Waals surface area contributed by atoms with Gasteiger partial charge in [0.2, 0.25) is 0 Å². The Morgan fingerprint density at radius 3 is 2.79 bits per heavy atom. The average molecular weight is 264 g/mol. The lowest BCUT2D eigenvalue weighted by molar-refractivity contribution is 0.0315. The number of carbonyl (C=O) groups is 1. The summed E-state index contributed by atoms with van der Waals surface area (Å²) in [4.78, 5) is 11.1. The molecule has 2 atom stereocenters. The molecule has 0 saturated heterocycles. The lowest BCUT2D eigenvalue weighted by Crippen LogP contribution is -2.30. The molecular weight excluding hydrogens is 244 g/mol. The fourth-order valence-corrected chi connectivity index (χ4v) is 2.41. The SMILES string of the molecule is COc1ccc(OC2CCCCCC2O)c(C=O)c1. The molecule has 1 aliphatic rings. The second-order valence-corrected chi connectivity index (χ2v) is 4.88. The van der Waals surface area contributed by atoms with Crippen molar-refractivity contribution in [3.05, 3.63) is 23.8 Å². The largest absolute Gasteiger partial charge is 0.497 e. The zero-order valence-electron chi connectivity index (χ0n) is 11.2. The Balaban J connectivity index is 2.15. The number of aliphatic hydroxyl groups is 1. The van der Waals surface area contributed by atoms with Gasteiger partial charge in [-0.05, 0) is 37.5 Å². The highest BCUT2D eigenvalue weighted by molar-refractivity contribution is 5.80. The smallest absolute Gasteiger partial charge is 0.153 e. The summed E-state index contributed by atoms with van der Waals surface area (Å²) in [6.07, 6.45) is 4.86. The minimum absolute atomic E-state index is 0.227. The van der Waals surface area contributed by atoms with E-state index in [4.69, 9.17) is 9.47 Å². The molecule has 0 radical (unpaired) electrons.